The molecule has 160 valence electrons. The quantitative estimate of drug-likeness (QED) is 0.615. The fourth-order valence-electron chi connectivity index (χ4n) is 3.90. The monoisotopic (exact) mass is 438 g/mol. The van der Waals surface area contributed by atoms with Gasteiger partial charge in [0.15, 0.2) is 0 Å². The summed E-state index contributed by atoms with van der Waals surface area (Å²) in [5.74, 6) is 0.0348. The van der Waals surface area contributed by atoms with Crippen molar-refractivity contribution in [3.05, 3.63) is 69.2 Å². The largest absolute Gasteiger partial charge is 0.336 e. The number of nitrogens with zero attached hydrogens (tertiary/aromatic N) is 2. The highest BCUT2D eigenvalue weighted by atomic mass is 35.5. The summed E-state index contributed by atoms with van der Waals surface area (Å²) >= 11 is 6.02. The van der Waals surface area contributed by atoms with Crippen LogP contribution in [0.2, 0.25) is 5.02 Å². The van der Waals surface area contributed by atoms with Crippen LogP contribution in [0.15, 0.2) is 47.3 Å². The van der Waals surface area contributed by atoms with Crippen LogP contribution < -0.4 is 10.9 Å². The second-order valence-electron chi connectivity index (χ2n) is 7.67. The van der Waals surface area contributed by atoms with Crippen LogP contribution in [-0.2, 0) is 22.6 Å². The van der Waals surface area contributed by atoms with Gasteiger partial charge in [-0.15, -0.1) is 0 Å². The molecule has 1 aromatic heterocycles. The molecule has 31 heavy (non-hydrogen) atoms. The molecule has 3 aromatic rings. The smallest absolute Gasteiger partial charge is 0.258 e. The summed E-state index contributed by atoms with van der Waals surface area (Å²) in [4.78, 5) is 46.4. The number of aromatic amines is 1. The first kappa shape index (κ1) is 21.1. The van der Waals surface area contributed by atoms with E-state index in [2.05, 4.69) is 15.3 Å². The number of nitrogens with one attached hydrogen (secondary N) is 2. The number of carbonyl (C=O) groups is 2. The number of benzene rings is 2. The number of aromatic nitrogens is 2. The highest BCUT2D eigenvalue weighted by Gasteiger charge is 2.27. The Hall–Kier alpha value is -3.19. The van der Waals surface area contributed by atoms with Crippen LogP contribution in [0.4, 0.5) is 5.69 Å². The Balaban J connectivity index is 1.43. The Morgan fingerprint density at radius 1 is 1.23 bits per heavy atom. The predicted molar refractivity (Wildman–Crippen MR) is 120 cm³/mol. The van der Waals surface area contributed by atoms with Gasteiger partial charge in [0, 0.05) is 29.6 Å². The van der Waals surface area contributed by atoms with E-state index in [0.29, 0.717) is 41.1 Å². The first-order valence-corrected chi connectivity index (χ1v) is 10.7. The SMILES string of the molecule is CCN(Cc1nc2cc(Cl)ccc2c(=O)[nH]1)C(=O)CC[C@H]1Cc2ccccc2NC1=O. The van der Waals surface area contributed by atoms with E-state index in [4.69, 9.17) is 11.6 Å². The van der Waals surface area contributed by atoms with Crippen LogP contribution >= 0.6 is 11.6 Å². The number of fused-ring (bicyclic) bond motifs is 2. The maximum absolute atomic E-state index is 12.8. The highest BCUT2D eigenvalue weighted by molar-refractivity contribution is 6.31. The van der Waals surface area contributed by atoms with Crippen LogP contribution in [-0.4, -0.2) is 33.2 Å². The molecule has 1 aliphatic heterocycles. The van der Waals surface area contributed by atoms with E-state index in [0.717, 1.165) is 11.3 Å². The summed E-state index contributed by atoms with van der Waals surface area (Å²) in [6.07, 6.45) is 1.34. The molecule has 7 nitrogen and oxygen atoms in total. The molecular formula is C23H23ClN4O3. The fourth-order valence-corrected chi connectivity index (χ4v) is 4.06. The number of halogens is 1. The van der Waals surface area contributed by atoms with Crippen molar-refractivity contribution in [1.82, 2.24) is 14.9 Å². The summed E-state index contributed by atoms with van der Waals surface area (Å²) in [7, 11) is 0. The molecule has 0 saturated carbocycles. The molecule has 0 spiro atoms. The molecule has 0 unspecified atom stereocenters. The molecule has 1 aliphatic rings. The Labute approximate surface area is 184 Å². The van der Waals surface area contributed by atoms with Crippen LogP contribution in [0.5, 0.6) is 0 Å². The van der Waals surface area contributed by atoms with Crippen LogP contribution in [0.3, 0.4) is 0 Å². The second-order valence-corrected chi connectivity index (χ2v) is 8.10. The number of amides is 2. The van der Waals surface area contributed by atoms with Gasteiger partial charge in [-0.25, -0.2) is 4.98 Å². The molecule has 0 bridgehead atoms. The highest BCUT2D eigenvalue weighted by Crippen LogP contribution is 2.27. The Morgan fingerprint density at radius 2 is 2.03 bits per heavy atom. The van der Waals surface area contributed by atoms with Crippen molar-refractivity contribution in [3.8, 4) is 0 Å². The minimum absolute atomic E-state index is 0.0491. The molecule has 8 heteroatoms. The van der Waals surface area contributed by atoms with Gasteiger partial charge in [0.25, 0.3) is 5.56 Å². The summed E-state index contributed by atoms with van der Waals surface area (Å²) in [6.45, 7) is 2.53. The number of para-hydroxylation sites is 1. The van der Waals surface area contributed by atoms with Crippen LogP contribution in [0.1, 0.15) is 31.2 Å². The van der Waals surface area contributed by atoms with Crippen LogP contribution in [0.25, 0.3) is 10.9 Å². The lowest BCUT2D eigenvalue weighted by molar-refractivity contribution is -0.132. The summed E-state index contributed by atoms with van der Waals surface area (Å²) in [5.41, 5.74) is 2.16. The Bertz CT molecular complexity index is 1210. The van der Waals surface area contributed by atoms with Crippen molar-refractivity contribution in [2.24, 2.45) is 5.92 Å². The first-order valence-electron chi connectivity index (χ1n) is 10.3. The minimum Gasteiger partial charge on any atom is -0.336 e. The summed E-state index contributed by atoms with van der Waals surface area (Å²) in [5, 5.41) is 3.86. The maximum Gasteiger partial charge on any atom is 0.258 e. The van der Waals surface area contributed by atoms with Gasteiger partial charge in [0.1, 0.15) is 5.82 Å². The topological polar surface area (TPSA) is 95.2 Å². The van der Waals surface area contributed by atoms with Crippen molar-refractivity contribution >= 4 is 40.0 Å². The van der Waals surface area contributed by atoms with Crippen molar-refractivity contribution in [1.29, 1.82) is 0 Å². The van der Waals surface area contributed by atoms with E-state index in [9.17, 15) is 14.4 Å². The number of hydrogen-bond acceptors (Lipinski definition) is 4. The molecule has 2 amide bonds. The number of hydrogen-bond donors (Lipinski definition) is 2. The average molecular weight is 439 g/mol. The van der Waals surface area contributed by atoms with E-state index in [1.54, 1.807) is 23.1 Å². The Kier molecular flexibility index (Phi) is 6.04. The molecule has 2 heterocycles. The third-order valence-electron chi connectivity index (χ3n) is 5.61. The predicted octanol–water partition coefficient (Wildman–Crippen LogP) is 3.52. The fraction of sp³-hybridized carbons (Fsp3) is 0.304. The van der Waals surface area contributed by atoms with Crippen molar-refractivity contribution in [2.75, 3.05) is 11.9 Å². The molecule has 2 aromatic carbocycles. The second kappa shape index (κ2) is 8.89. The number of rotatable bonds is 6. The zero-order valence-corrected chi connectivity index (χ0v) is 17.9. The molecule has 4 rings (SSSR count). The van der Waals surface area contributed by atoms with E-state index >= 15 is 0 Å². The van der Waals surface area contributed by atoms with E-state index in [-0.39, 0.29) is 36.3 Å². The molecule has 2 N–H and O–H groups in total. The van der Waals surface area contributed by atoms with E-state index in [1.807, 2.05) is 31.2 Å². The average Bonchev–Trinajstić information content (AvgIpc) is 2.75. The number of H-pyrrole nitrogens is 1. The zero-order valence-electron chi connectivity index (χ0n) is 17.2. The van der Waals surface area contributed by atoms with Gasteiger partial charge < -0.3 is 15.2 Å². The molecular weight excluding hydrogens is 416 g/mol. The van der Waals surface area contributed by atoms with Gasteiger partial charge in [-0.3, -0.25) is 14.4 Å². The van der Waals surface area contributed by atoms with Gasteiger partial charge in [-0.2, -0.15) is 0 Å². The van der Waals surface area contributed by atoms with Gasteiger partial charge >= 0.3 is 0 Å². The first-order chi connectivity index (χ1) is 14.9. The summed E-state index contributed by atoms with van der Waals surface area (Å²) in [6, 6.07) is 12.6. The lowest BCUT2D eigenvalue weighted by Gasteiger charge is -2.26. The third kappa shape index (κ3) is 4.61. The standard InChI is InChI=1S/C23H23ClN4O3/c1-2-28(13-20-25-19-12-16(24)8-9-17(19)23(31)27-20)21(29)10-7-15-11-14-5-3-4-6-18(14)26-22(15)30/h3-6,8-9,12,15H,2,7,10-11,13H2,1H3,(H,26,30)(H,25,27,31)/t15-/m0/s1. The molecule has 0 radical (unpaired) electrons. The van der Waals surface area contributed by atoms with Crippen molar-refractivity contribution < 1.29 is 9.59 Å². The maximum atomic E-state index is 12.8. The van der Waals surface area contributed by atoms with Gasteiger partial charge in [-0.05, 0) is 49.6 Å². The molecule has 0 fully saturated rings. The normalized spacial score (nSPS) is 15.4. The van der Waals surface area contributed by atoms with E-state index < -0.39 is 0 Å². The van der Waals surface area contributed by atoms with Crippen LogP contribution in [0, 0.1) is 5.92 Å². The minimum atomic E-state index is -0.266. The van der Waals surface area contributed by atoms with E-state index in [1.165, 1.54) is 0 Å². The van der Waals surface area contributed by atoms with Gasteiger partial charge in [0.2, 0.25) is 11.8 Å². The molecule has 0 saturated heterocycles. The lowest BCUT2D eigenvalue weighted by Crippen LogP contribution is -2.34. The molecule has 0 aliphatic carbocycles. The zero-order chi connectivity index (χ0) is 22.0. The van der Waals surface area contributed by atoms with Gasteiger partial charge in [-0.1, -0.05) is 29.8 Å². The van der Waals surface area contributed by atoms with Crippen molar-refractivity contribution in [2.45, 2.75) is 32.7 Å². The van der Waals surface area contributed by atoms with Gasteiger partial charge in [0.05, 0.1) is 17.4 Å². The summed E-state index contributed by atoms with van der Waals surface area (Å²) < 4.78 is 0. The number of carbonyl (C=O) groups excluding carboxylic acids is 2. The molecule has 1 atom stereocenters. The third-order valence-corrected chi connectivity index (χ3v) is 5.85. The Morgan fingerprint density at radius 3 is 2.84 bits per heavy atom. The lowest BCUT2D eigenvalue weighted by atomic mass is 9.89. The van der Waals surface area contributed by atoms with Crippen molar-refractivity contribution in [3.63, 3.8) is 0 Å². The number of anilines is 1.